The Kier molecular flexibility index (Phi) is 10.6. The van der Waals surface area contributed by atoms with Crippen LogP contribution in [0.15, 0.2) is 24.3 Å². The number of ether oxygens (including phenoxy) is 1. The van der Waals surface area contributed by atoms with Crippen LogP contribution in [0.1, 0.15) is 50.4 Å². The maximum atomic E-state index is 12.0. The van der Waals surface area contributed by atoms with Gasteiger partial charge in [-0.3, -0.25) is 9.52 Å². The molecule has 130 valence electrons. The molecule has 0 saturated carbocycles. The summed E-state index contributed by atoms with van der Waals surface area (Å²) in [4.78, 5) is 14.4. The number of nitrogens with zero attached hydrogens (tertiary/aromatic N) is 1. The zero-order chi connectivity index (χ0) is 16.9. The van der Waals surface area contributed by atoms with Gasteiger partial charge in [-0.2, -0.15) is 0 Å². The van der Waals surface area contributed by atoms with Crippen molar-refractivity contribution in [1.29, 1.82) is 0 Å². The second-order valence-corrected chi connectivity index (χ2v) is 6.29. The molecule has 1 N–H and O–H groups in total. The Morgan fingerprint density at radius 1 is 1.13 bits per heavy atom. The number of unbranched alkanes of at least 4 members (excludes halogenated alkanes) is 1. The summed E-state index contributed by atoms with van der Waals surface area (Å²) in [6, 6.07) is 7.34. The van der Waals surface area contributed by atoms with Crippen LogP contribution in [-0.2, 0) is 0 Å². The second kappa shape index (κ2) is 12.3. The van der Waals surface area contributed by atoms with Gasteiger partial charge in [-0.15, -0.1) is 0 Å². The summed E-state index contributed by atoms with van der Waals surface area (Å²) < 4.78 is 8.50. The fourth-order valence-electron chi connectivity index (χ4n) is 2.11. The first-order chi connectivity index (χ1) is 11.2. The average Bonchev–Trinajstić information content (AvgIpc) is 2.59. The van der Waals surface area contributed by atoms with E-state index in [4.69, 9.17) is 4.74 Å². The Morgan fingerprint density at radius 3 is 2.43 bits per heavy atom. The van der Waals surface area contributed by atoms with Crippen LogP contribution < -0.4 is 9.46 Å². The van der Waals surface area contributed by atoms with Crippen LogP contribution in [0.25, 0.3) is 0 Å². The first-order valence-electron chi connectivity index (χ1n) is 8.58. The molecule has 1 amide bonds. The predicted octanol–water partition coefficient (Wildman–Crippen LogP) is 3.98. The van der Waals surface area contributed by atoms with Crippen molar-refractivity contribution in [2.75, 3.05) is 32.0 Å². The molecule has 0 bridgehead atoms. The first-order valence-corrected chi connectivity index (χ1v) is 9.57. The quantitative estimate of drug-likeness (QED) is 0.462. The van der Waals surface area contributed by atoms with E-state index in [-0.39, 0.29) is 5.91 Å². The second-order valence-electron chi connectivity index (χ2n) is 5.39. The summed E-state index contributed by atoms with van der Waals surface area (Å²) >= 11 is 1.48. The van der Waals surface area contributed by atoms with Gasteiger partial charge in [-0.1, -0.05) is 39.1 Å². The normalized spacial score (nSPS) is 10.8. The number of rotatable bonds is 12. The van der Waals surface area contributed by atoms with E-state index >= 15 is 0 Å². The van der Waals surface area contributed by atoms with E-state index in [2.05, 4.69) is 30.4 Å². The largest absolute Gasteiger partial charge is 0.494 e. The zero-order valence-electron chi connectivity index (χ0n) is 14.6. The molecular formula is C18H30N2O2S. The van der Waals surface area contributed by atoms with Crippen molar-refractivity contribution in [3.8, 4) is 5.75 Å². The molecule has 23 heavy (non-hydrogen) atoms. The van der Waals surface area contributed by atoms with Crippen LogP contribution in [0, 0.1) is 0 Å². The van der Waals surface area contributed by atoms with E-state index < -0.39 is 0 Å². The van der Waals surface area contributed by atoms with Crippen molar-refractivity contribution in [1.82, 2.24) is 9.62 Å². The van der Waals surface area contributed by atoms with Crippen LogP contribution in [0.2, 0.25) is 0 Å². The van der Waals surface area contributed by atoms with E-state index in [1.807, 2.05) is 24.3 Å². The number of amides is 1. The summed E-state index contributed by atoms with van der Waals surface area (Å²) in [6.07, 6.45) is 3.25. The van der Waals surface area contributed by atoms with Gasteiger partial charge in [0.1, 0.15) is 5.75 Å². The molecule has 4 nitrogen and oxygen atoms in total. The molecular weight excluding hydrogens is 308 g/mol. The van der Waals surface area contributed by atoms with Crippen molar-refractivity contribution in [3.63, 3.8) is 0 Å². The lowest BCUT2D eigenvalue weighted by molar-refractivity contribution is 0.0984. The average molecular weight is 339 g/mol. The van der Waals surface area contributed by atoms with Gasteiger partial charge in [-0.05, 0) is 56.7 Å². The van der Waals surface area contributed by atoms with Crippen molar-refractivity contribution in [2.45, 2.75) is 40.0 Å². The standard InChI is InChI=1S/C18H30N2O2S/c1-4-7-14-22-17-11-9-16(10-12-17)18(21)19-23-15-8-13-20(5-2)6-3/h9-12H,4-8,13-15H2,1-3H3,(H,19,21). The van der Waals surface area contributed by atoms with Crippen molar-refractivity contribution < 1.29 is 9.53 Å². The maximum absolute atomic E-state index is 12.0. The maximum Gasteiger partial charge on any atom is 0.261 e. The third-order valence-electron chi connectivity index (χ3n) is 3.66. The highest BCUT2D eigenvalue weighted by atomic mass is 32.2. The molecule has 1 aromatic carbocycles. The Hall–Kier alpha value is -1.20. The third-order valence-corrected chi connectivity index (χ3v) is 4.49. The SMILES string of the molecule is CCCCOc1ccc(C(=O)NSCCCN(CC)CC)cc1. The Balaban J connectivity index is 2.24. The number of benzene rings is 1. The molecule has 0 aliphatic carbocycles. The zero-order valence-corrected chi connectivity index (χ0v) is 15.5. The highest BCUT2D eigenvalue weighted by molar-refractivity contribution is 7.97. The van der Waals surface area contributed by atoms with E-state index in [9.17, 15) is 4.79 Å². The van der Waals surface area contributed by atoms with Crippen molar-refractivity contribution >= 4 is 17.9 Å². The molecule has 0 aromatic heterocycles. The van der Waals surface area contributed by atoms with E-state index in [1.165, 1.54) is 11.9 Å². The summed E-state index contributed by atoms with van der Waals surface area (Å²) in [5.41, 5.74) is 0.670. The fourth-order valence-corrected chi connectivity index (χ4v) is 2.74. The molecule has 0 aliphatic heterocycles. The van der Waals surface area contributed by atoms with Gasteiger partial charge < -0.3 is 9.64 Å². The van der Waals surface area contributed by atoms with Gasteiger partial charge in [0, 0.05) is 11.3 Å². The first kappa shape index (κ1) is 19.8. The molecule has 0 unspecified atom stereocenters. The Morgan fingerprint density at radius 2 is 1.83 bits per heavy atom. The lowest BCUT2D eigenvalue weighted by atomic mass is 10.2. The topological polar surface area (TPSA) is 41.6 Å². The molecule has 0 saturated heterocycles. The van der Waals surface area contributed by atoms with Crippen LogP contribution in [0.3, 0.4) is 0 Å². The number of hydrogen-bond acceptors (Lipinski definition) is 4. The molecule has 1 aromatic rings. The highest BCUT2D eigenvalue weighted by Gasteiger charge is 2.06. The van der Waals surface area contributed by atoms with Crippen LogP contribution >= 0.6 is 11.9 Å². The molecule has 0 spiro atoms. The van der Waals surface area contributed by atoms with Crippen LogP contribution in [0.4, 0.5) is 0 Å². The minimum atomic E-state index is -0.0436. The van der Waals surface area contributed by atoms with E-state index in [1.54, 1.807) is 0 Å². The van der Waals surface area contributed by atoms with Gasteiger partial charge >= 0.3 is 0 Å². The molecule has 0 radical (unpaired) electrons. The lowest BCUT2D eigenvalue weighted by Crippen LogP contribution is -2.25. The van der Waals surface area contributed by atoms with Crippen LogP contribution in [-0.4, -0.2) is 42.8 Å². The minimum absolute atomic E-state index is 0.0436. The van der Waals surface area contributed by atoms with Gasteiger partial charge in [-0.25, -0.2) is 0 Å². The molecule has 0 aliphatic rings. The molecule has 0 atom stereocenters. The highest BCUT2D eigenvalue weighted by Crippen LogP contribution is 2.13. The summed E-state index contributed by atoms with van der Waals surface area (Å²) in [5, 5.41) is 0. The Labute approximate surface area is 145 Å². The minimum Gasteiger partial charge on any atom is -0.494 e. The summed E-state index contributed by atoms with van der Waals surface area (Å²) in [5.74, 6) is 1.71. The number of hydrogen-bond donors (Lipinski definition) is 1. The lowest BCUT2D eigenvalue weighted by Gasteiger charge is -2.17. The number of carbonyl (C=O) groups excluding carboxylic acids is 1. The smallest absolute Gasteiger partial charge is 0.261 e. The van der Waals surface area contributed by atoms with Crippen molar-refractivity contribution in [2.24, 2.45) is 0 Å². The number of carbonyl (C=O) groups is 1. The molecule has 0 heterocycles. The van der Waals surface area contributed by atoms with Gasteiger partial charge in [0.25, 0.3) is 5.91 Å². The number of nitrogens with one attached hydrogen (secondary N) is 1. The van der Waals surface area contributed by atoms with Gasteiger partial charge in [0.05, 0.1) is 6.61 Å². The Bertz CT molecular complexity index is 433. The van der Waals surface area contributed by atoms with E-state index in [0.29, 0.717) is 5.56 Å². The molecule has 0 fully saturated rings. The summed E-state index contributed by atoms with van der Waals surface area (Å²) in [6.45, 7) is 10.5. The molecule has 5 heteroatoms. The summed E-state index contributed by atoms with van der Waals surface area (Å²) in [7, 11) is 0. The monoisotopic (exact) mass is 338 g/mol. The van der Waals surface area contributed by atoms with E-state index in [0.717, 1.165) is 57.0 Å². The van der Waals surface area contributed by atoms with Gasteiger partial charge in [0.15, 0.2) is 0 Å². The van der Waals surface area contributed by atoms with Crippen LogP contribution in [0.5, 0.6) is 5.75 Å². The predicted molar refractivity (Wildman–Crippen MR) is 99.2 cm³/mol. The third kappa shape index (κ3) is 8.28. The molecule has 1 rings (SSSR count). The van der Waals surface area contributed by atoms with Crippen molar-refractivity contribution in [3.05, 3.63) is 29.8 Å². The fraction of sp³-hybridized carbons (Fsp3) is 0.611. The van der Waals surface area contributed by atoms with Gasteiger partial charge in [0.2, 0.25) is 0 Å².